The number of primary amides is 1. The molecule has 0 aliphatic carbocycles. The summed E-state index contributed by atoms with van der Waals surface area (Å²) < 4.78 is 0. The van der Waals surface area contributed by atoms with Crippen LogP contribution in [0.15, 0.2) is 23.1 Å². The van der Waals surface area contributed by atoms with Gasteiger partial charge in [0.15, 0.2) is 0 Å². The Morgan fingerprint density at radius 2 is 2.27 bits per heavy atom. The highest BCUT2D eigenvalue weighted by Crippen LogP contribution is 2.34. The molecule has 5 heteroatoms. The summed E-state index contributed by atoms with van der Waals surface area (Å²) in [6.07, 6.45) is 0. The predicted octanol–water partition coefficient (Wildman–Crippen LogP) is 0.854. The van der Waals surface area contributed by atoms with Crippen molar-refractivity contribution in [2.45, 2.75) is 4.90 Å². The van der Waals surface area contributed by atoms with E-state index in [9.17, 15) is 9.59 Å². The SMILES string of the molecule is CN1C(=O)CSc2cc(C(N)=O)ccc21. The second kappa shape index (κ2) is 3.58. The number of carbonyl (C=O) groups is 2. The van der Waals surface area contributed by atoms with Crippen molar-refractivity contribution in [1.29, 1.82) is 0 Å². The predicted molar refractivity (Wildman–Crippen MR) is 59.1 cm³/mol. The Bertz CT molecular complexity index is 445. The van der Waals surface area contributed by atoms with E-state index in [1.807, 2.05) is 0 Å². The van der Waals surface area contributed by atoms with E-state index in [4.69, 9.17) is 5.73 Å². The second-order valence-corrected chi connectivity index (χ2v) is 4.31. The molecule has 0 aromatic heterocycles. The second-order valence-electron chi connectivity index (χ2n) is 3.29. The van der Waals surface area contributed by atoms with Crippen LogP contribution in [-0.2, 0) is 4.79 Å². The third-order valence-electron chi connectivity index (χ3n) is 2.33. The van der Waals surface area contributed by atoms with Crippen LogP contribution in [0.3, 0.4) is 0 Å². The molecule has 2 amide bonds. The summed E-state index contributed by atoms with van der Waals surface area (Å²) in [4.78, 5) is 24.9. The number of hydrogen-bond acceptors (Lipinski definition) is 3. The van der Waals surface area contributed by atoms with Crippen LogP contribution in [0.2, 0.25) is 0 Å². The number of thioether (sulfide) groups is 1. The molecule has 15 heavy (non-hydrogen) atoms. The summed E-state index contributed by atoms with van der Waals surface area (Å²) in [5, 5.41) is 0. The highest BCUT2D eigenvalue weighted by molar-refractivity contribution is 8.00. The average Bonchev–Trinajstić information content (AvgIpc) is 2.23. The molecule has 1 heterocycles. The van der Waals surface area contributed by atoms with Gasteiger partial charge < -0.3 is 10.6 Å². The smallest absolute Gasteiger partial charge is 0.248 e. The zero-order valence-electron chi connectivity index (χ0n) is 8.19. The van der Waals surface area contributed by atoms with Crippen LogP contribution in [0.25, 0.3) is 0 Å². The largest absolute Gasteiger partial charge is 0.366 e. The van der Waals surface area contributed by atoms with E-state index in [1.54, 1.807) is 30.1 Å². The van der Waals surface area contributed by atoms with Gasteiger partial charge in [-0.05, 0) is 18.2 Å². The lowest BCUT2D eigenvalue weighted by Gasteiger charge is -2.25. The average molecular weight is 222 g/mol. The van der Waals surface area contributed by atoms with Gasteiger partial charge in [-0.25, -0.2) is 0 Å². The lowest BCUT2D eigenvalue weighted by molar-refractivity contribution is -0.116. The van der Waals surface area contributed by atoms with E-state index in [1.165, 1.54) is 11.8 Å². The highest BCUT2D eigenvalue weighted by Gasteiger charge is 2.21. The maximum Gasteiger partial charge on any atom is 0.248 e. The molecule has 1 aliphatic rings. The van der Waals surface area contributed by atoms with E-state index < -0.39 is 5.91 Å². The van der Waals surface area contributed by atoms with Crippen molar-refractivity contribution in [2.24, 2.45) is 5.73 Å². The van der Waals surface area contributed by atoms with Crippen molar-refractivity contribution in [2.75, 3.05) is 17.7 Å². The number of nitrogens with zero attached hydrogens (tertiary/aromatic N) is 1. The van der Waals surface area contributed by atoms with E-state index in [2.05, 4.69) is 0 Å². The molecule has 1 aliphatic heterocycles. The minimum absolute atomic E-state index is 0.0688. The number of nitrogens with two attached hydrogens (primary N) is 1. The standard InChI is InChI=1S/C10H10N2O2S/c1-12-7-3-2-6(10(11)14)4-8(7)15-5-9(12)13/h2-4H,5H2,1H3,(H2,11,14). The summed E-state index contributed by atoms with van der Waals surface area (Å²) in [5.41, 5.74) is 6.49. The topological polar surface area (TPSA) is 63.4 Å². The lowest BCUT2D eigenvalue weighted by Crippen LogP contribution is -2.31. The first-order chi connectivity index (χ1) is 7.09. The fraction of sp³-hybridized carbons (Fsp3) is 0.200. The fourth-order valence-electron chi connectivity index (χ4n) is 1.43. The highest BCUT2D eigenvalue weighted by atomic mass is 32.2. The van der Waals surface area contributed by atoms with Gasteiger partial charge in [-0.2, -0.15) is 0 Å². The van der Waals surface area contributed by atoms with Crippen molar-refractivity contribution in [1.82, 2.24) is 0 Å². The summed E-state index contributed by atoms with van der Waals surface area (Å²) >= 11 is 1.43. The summed E-state index contributed by atoms with van der Waals surface area (Å²) in [7, 11) is 1.73. The minimum Gasteiger partial charge on any atom is -0.366 e. The van der Waals surface area contributed by atoms with Gasteiger partial charge in [-0.3, -0.25) is 9.59 Å². The molecule has 1 aromatic carbocycles. The molecule has 2 N–H and O–H groups in total. The molecule has 1 aromatic rings. The monoisotopic (exact) mass is 222 g/mol. The van der Waals surface area contributed by atoms with Crippen molar-refractivity contribution in [3.8, 4) is 0 Å². The summed E-state index contributed by atoms with van der Waals surface area (Å²) in [5.74, 6) is 0.0309. The normalized spacial score (nSPS) is 15.0. The first-order valence-electron chi connectivity index (χ1n) is 4.43. The van der Waals surface area contributed by atoms with Gasteiger partial charge in [0.1, 0.15) is 0 Å². The van der Waals surface area contributed by atoms with Crippen LogP contribution in [0.4, 0.5) is 5.69 Å². The van der Waals surface area contributed by atoms with Gasteiger partial charge in [0.2, 0.25) is 11.8 Å². The molecule has 0 radical (unpaired) electrons. The number of hydrogen-bond donors (Lipinski definition) is 1. The van der Waals surface area contributed by atoms with Crippen molar-refractivity contribution in [3.05, 3.63) is 23.8 Å². The molecule has 78 valence electrons. The van der Waals surface area contributed by atoms with Crippen molar-refractivity contribution >= 4 is 29.3 Å². The molecule has 0 saturated carbocycles. The van der Waals surface area contributed by atoms with Crippen LogP contribution in [0.1, 0.15) is 10.4 Å². The first kappa shape index (κ1) is 10.0. The van der Waals surface area contributed by atoms with E-state index >= 15 is 0 Å². The Labute approximate surface area is 91.4 Å². The molecule has 2 rings (SSSR count). The fourth-order valence-corrected chi connectivity index (χ4v) is 2.47. The number of rotatable bonds is 1. The first-order valence-corrected chi connectivity index (χ1v) is 5.41. The Kier molecular flexibility index (Phi) is 2.40. The summed E-state index contributed by atoms with van der Waals surface area (Å²) in [6.45, 7) is 0. The van der Waals surface area contributed by atoms with Crippen LogP contribution < -0.4 is 10.6 Å². The maximum atomic E-state index is 11.4. The van der Waals surface area contributed by atoms with Gasteiger partial charge in [-0.15, -0.1) is 11.8 Å². The molecule has 0 saturated heterocycles. The number of amides is 2. The van der Waals surface area contributed by atoms with Gasteiger partial charge in [-0.1, -0.05) is 0 Å². The van der Waals surface area contributed by atoms with Gasteiger partial charge in [0, 0.05) is 17.5 Å². The molecule has 0 atom stereocenters. The number of fused-ring (bicyclic) bond motifs is 1. The third-order valence-corrected chi connectivity index (χ3v) is 3.36. The van der Waals surface area contributed by atoms with E-state index in [0.29, 0.717) is 11.3 Å². The Morgan fingerprint density at radius 1 is 1.53 bits per heavy atom. The molecule has 4 nitrogen and oxygen atoms in total. The van der Waals surface area contributed by atoms with Crippen molar-refractivity contribution < 1.29 is 9.59 Å². The van der Waals surface area contributed by atoms with Crippen LogP contribution in [0.5, 0.6) is 0 Å². The third kappa shape index (κ3) is 1.70. The quantitative estimate of drug-likeness (QED) is 0.766. The lowest BCUT2D eigenvalue weighted by atomic mass is 10.2. The Balaban J connectivity index is 2.47. The number of carbonyl (C=O) groups excluding carboxylic acids is 2. The molecule has 0 fully saturated rings. The summed E-state index contributed by atoms with van der Waals surface area (Å²) in [6, 6.07) is 5.11. The number of anilines is 1. The van der Waals surface area contributed by atoms with E-state index in [0.717, 1.165) is 10.6 Å². The Hall–Kier alpha value is -1.49. The van der Waals surface area contributed by atoms with Gasteiger partial charge >= 0.3 is 0 Å². The van der Waals surface area contributed by atoms with Crippen LogP contribution in [-0.4, -0.2) is 24.6 Å². The zero-order chi connectivity index (χ0) is 11.0. The molecular formula is C10H10N2O2S. The van der Waals surface area contributed by atoms with Crippen molar-refractivity contribution in [3.63, 3.8) is 0 Å². The van der Waals surface area contributed by atoms with Crippen LogP contribution in [0, 0.1) is 0 Å². The minimum atomic E-state index is -0.446. The van der Waals surface area contributed by atoms with Gasteiger partial charge in [0.05, 0.1) is 11.4 Å². The number of benzene rings is 1. The molecule has 0 bridgehead atoms. The molecular weight excluding hydrogens is 212 g/mol. The molecule has 0 unspecified atom stereocenters. The van der Waals surface area contributed by atoms with E-state index in [-0.39, 0.29) is 5.91 Å². The maximum absolute atomic E-state index is 11.4. The van der Waals surface area contributed by atoms with Gasteiger partial charge in [0.25, 0.3) is 0 Å². The molecule has 0 spiro atoms. The van der Waals surface area contributed by atoms with Crippen LogP contribution >= 0.6 is 11.8 Å². The Morgan fingerprint density at radius 3 is 2.93 bits per heavy atom. The zero-order valence-corrected chi connectivity index (χ0v) is 9.00.